The van der Waals surface area contributed by atoms with Crippen molar-refractivity contribution < 1.29 is 19.4 Å². The number of amides is 1. The lowest BCUT2D eigenvalue weighted by atomic mass is 9.95. The van der Waals surface area contributed by atoms with Gasteiger partial charge in [0.15, 0.2) is 0 Å². The molecule has 1 fully saturated rings. The molecule has 6 heteroatoms. The van der Waals surface area contributed by atoms with E-state index in [-0.39, 0.29) is 11.3 Å². The van der Waals surface area contributed by atoms with E-state index < -0.39 is 17.7 Å². The summed E-state index contributed by atoms with van der Waals surface area (Å²) in [6.45, 7) is 1.39. The number of carbonyl (C=O) groups excluding carboxylic acids is 2. The average Bonchev–Trinajstić information content (AvgIpc) is 3.12. The lowest BCUT2D eigenvalue weighted by molar-refractivity contribution is -0.140. The highest BCUT2D eigenvalue weighted by atomic mass is 16.5. The number of ketones is 1. The fourth-order valence-electron chi connectivity index (χ4n) is 4.00. The van der Waals surface area contributed by atoms with Crippen LogP contribution in [0.15, 0.2) is 90.5 Å². The van der Waals surface area contributed by atoms with E-state index in [4.69, 9.17) is 4.74 Å². The number of aliphatic hydroxyl groups is 1. The van der Waals surface area contributed by atoms with Crippen LogP contribution in [-0.4, -0.2) is 53.8 Å². The maximum atomic E-state index is 13.0. The van der Waals surface area contributed by atoms with E-state index >= 15 is 0 Å². The summed E-state index contributed by atoms with van der Waals surface area (Å²) in [5.41, 5.74) is 2.41. The summed E-state index contributed by atoms with van der Waals surface area (Å²) in [7, 11) is 3.82. The van der Waals surface area contributed by atoms with Crippen molar-refractivity contribution >= 4 is 17.4 Å². The number of rotatable bonds is 8. The Balaban J connectivity index is 1.66. The van der Waals surface area contributed by atoms with Gasteiger partial charge in [0.25, 0.3) is 11.7 Å². The lowest BCUT2D eigenvalue weighted by Gasteiger charge is -2.26. The molecule has 0 saturated carbocycles. The molecule has 0 aliphatic carbocycles. The summed E-state index contributed by atoms with van der Waals surface area (Å²) < 4.78 is 5.89. The van der Waals surface area contributed by atoms with Crippen LogP contribution in [0.3, 0.4) is 0 Å². The number of benzene rings is 3. The Labute approximate surface area is 199 Å². The first-order chi connectivity index (χ1) is 16.5. The molecule has 3 aromatic carbocycles. The van der Waals surface area contributed by atoms with Gasteiger partial charge in [-0.2, -0.15) is 0 Å². The minimum absolute atomic E-state index is 0.105. The SMILES string of the molecule is CN(C)CCN1C(=O)C(=O)/C(=C(\O)c2ccccc2)C1c1ccc(OCc2ccccc2)cc1. The third-order valence-electron chi connectivity index (χ3n) is 5.82. The van der Waals surface area contributed by atoms with E-state index in [2.05, 4.69) is 0 Å². The molecule has 0 radical (unpaired) electrons. The Morgan fingerprint density at radius 2 is 1.53 bits per heavy atom. The first-order valence-corrected chi connectivity index (χ1v) is 11.2. The lowest BCUT2D eigenvalue weighted by Crippen LogP contribution is -2.35. The zero-order valence-electron chi connectivity index (χ0n) is 19.3. The van der Waals surface area contributed by atoms with Crippen LogP contribution in [0.5, 0.6) is 5.75 Å². The average molecular weight is 457 g/mol. The van der Waals surface area contributed by atoms with E-state index in [1.165, 1.54) is 4.90 Å². The number of likely N-dealkylation sites (N-methyl/N-ethyl adjacent to an activating group) is 1. The Morgan fingerprint density at radius 1 is 0.912 bits per heavy atom. The summed E-state index contributed by atoms with van der Waals surface area (Å²) in [6.07, 6.45) is 0. The molecule has 1 atom stereocenters. The van der Waals surface area contributed by atoms with Crippen LogP contribution < -0.4 is 4.74 Å². The zero-order chi connectivity index (χ0) is 24.1. The van der Waals surface area contributed by atoms with Crippen LogP contribution in [0.4, 0.5) is 0 Å². The first-order valence-electron chi connectivity index (χ1n) is 11.2. The van der Waals surface area contributed by atoms with Crippen molar-refractivity contribution in [2.24, 2.45) is 0 Å². The number of likely N-dealkylation sites (tertiary alicyclic amines) is 1. The van der Waals surface area contributed by atoms with Crippen LogP contribution in [0, 0.1) is 0 Å². The van der Waals surface area contributed by atoms with Crippen LogP contribution in [0.1, 0.15) is 22.7 Å². The molecule has 1 aliphatic rings. The van der Waals surface area contributed by atoms with Gasteiger partial charge in [-0.1, -0.05) is 72.8 Å². The van der Waals surface area contributed by atoms with Crippen LogP contribution >= 0.6 is 0 Å². The predicted octanol–water partition coefficient (Wildman–Crippen LogP) is 4.25. The maximum absolute atomic E-state index is 13.0. The minimum Gasteiger partial charge on any atom is -0.507 e. The molecule has 6 nitrogen and oxygen atoms in total. The summed E-state index contributed by atoms with van der Waals surface area (Å²) in [5, 5.41) is 11.0. The van der Waals surface area contributed by atoms with Gasteiger partial charge in [-0.15, -0.1) is 0 Å². The Hall–Kier alpha value is -3.90. The molecule has 0 aromatic heterocycles. The van der Waals surface area contributed by atoms with Crippen molar-refractivity contribution in [2.75, 3.05) is 27.2 Å². The molecule has 174 valence electrons. The second kappa shape index (κ2) is 10.4. The number of Topliss-reactive ketones (excluding diaryl/α,β-unsaturated/α-hetero) is 1. The summed E-state index contributed by atoms with van der Waals surface area (Å²) in [6, 6.07) is 25.4. The van der Waals surface area contributed by atoms with Gasteiger partial charge >= 0.3 is 0 Å². The van der Waals surface area contributed by atoms with Crippen molar-refractivity contribution in [3.05, 3.63) is 107 Å². The standard InChI is InChI=1S/C28H28N2O4/c1-29(2)17-18-30-25(24(27(32)28(30)33)26(31)22-11-7-4-8-12-22)21-13-15-23(16-14-21)34-19-20-9-5-3-6-10-20/h3-16,25,31H,17-19H2,1-2H3/b26-24-. The Morgan fingerprint density at radius 3 is 2.15 bits per heavy atom. The van der Waals surface area contributed by atoms with Crippen LogP contribution in [-0.2, 0) is 16.2 Å². The van der Waals surface area contributed by atoms with Crippen molar-refractivity contribution in [2.45, 2.75) is 12.6 Å². The molecule has 1 unspecified atom stereocenters. The molecule has 34 heavy (non-hydrogen) atoms. The summed E-state index contributed by atoms with van der Waals surface area (Å²) >= 11 is 0. The van der Waals surface area contributed by atoms with Gasteiger partial charge in [-0.3, -0.25) is 9.59 Å². The smallest absolute Gasteiger partial charge is 0.295 e. The molecular formula is C28H28N2O4. The van der Waals surface area contributed by atoms with Crippen molar-refractivity contribution in [1.29, 1.82) is 0 Å². The van der Waals surface area contributed by atoms with Gasteiger partial charge in [0, 0.05) is 18.7 Å². The van der Waals surface area contributed by atoms with Gasteiger partial charge in [0.05, 0.1) is 11.6 Å². The molecular weight excluding hydrogens is 428 g/mol. The van der Waals surface area contributed by atoms with E-state index in [1.54, 1.807) is 24.3 Å². The topological polar surface area (TPSA) is 70.1 Å². The monoisotopic (exact) mass is 456 g/mol. The molecule has 0 spiro atoms. The number of hydrogen-bond acceptors (Lipinski definition) is 5. The summed E-state index contributed by atoms with van der Waals surface area (Å²) in [5.74, 6) is -0.759. The Kier molecular flexibility index (Phi) is 7.09. The highest BCUT2D eigenvalue weighted by Crippen LogP contribution is 2.39. The number of aliphatic hydroxyl groups excluding tert-OH is 1. The number of hydrogen-bond donors (Lipinski definition) is 1. The molecule has 1 saturated heterocycles. The van der Waals surface area contributed by atoms with Gasteiger partial charge < -0.3 is 19.6 Å². The molecule has 4 rings (SSSR count). The number of carbonyl (C=O) groups is 2. The van der Waals surface area contributed by atoms with E-state index in [1.807, 2.05) is 79.7 Å². The van der Waals surface area contributed by atoms with Gasteiger partial charge in [-0.05, 0) is 37.4 Å². The minimum atomic E-state index is -0.677. The molecule has 3 aromatic rings. The highest BCUT2D eigenvalue weighted by Gasteiger charge is 2.45. The van der Waals surface area contributed by atoms with E-state index in [0.29, 0.717) is 31.0 Å². The fourth-order valence-corrected chi connectivity index (χ4v) is 4.00. The molecule has 1 amide bonds. The van der Waals surface area contributed by atoms with E-state index in [9.17, 15) is 14.7 Å². The third kappa shape index (κ3) is 5.02. The third-order valence-corrected chi connectivity index (χ3v) is 5.82. The maximum Gasteiger partial charge on any atom is 0.295 e. The van der Waals surface area contributed by atoms with Gasteiger partial charge in [-0.25, -0.2) is 0 Å². The number of ether oxygens (including phenoxy) is 1. The fraction of sp³-hybridized carbons (Fsp3) is 0.214. The van der Waals surface area contributed by atoms with Gasteiger partial charge in [0.1, 0.15) is 18.1 Å². The largest absolute Gasteiger partial charge is 0.507 e. The van der Waals surface area contributed by atoms with Crippen LogP contribution in [0.2, 0.25) is 0 Å². The second-order valence-corrected chi connectivity index (χ2v) is 8.51. The molecule has 1 N–H and O–H groups in total. The predicted molar refractivity (Wildman–Crippen MR) is 131 cm³/mol. The zero-order valence-corrected chi connectivity index (χ0v) is 19.3. The molecule has 1 heterocycles. The number of nitrogens with zero attached hydrogens (tertiary/aromatic N) is 2. The van der Waals surface area contributed by atoms with Gasteiger partial charge in [0.2, 0.25) is 0 Å². The van der Waals surface area contributed by atoms with Crippen molar-refractivity contribution in [3.63, 3.8) is 0 Å². The normalized spacial score (nSPS) is 17.4. The molecule has 1 aliphatic heterocycles. The quantitative estimate of drug-likeness (QED) is 0.312. The van der Waals surface area contributed by atoms with Crippen molar-refractivity contribution in [3.8, 4) is 5.75 Å². The highest BCUT2D eigenvalue weighted by molar-refractivity contribution is 6.46. The molecule has 0 bridgehead atoms. The van der Waals surface area contributed by atoms with Crippen molar-refractivity contribution in [1.82, 2.24) is 9.80 Å². The van der Waals surface area contributed by atoms with Crippen LogP contribution in [0.25, 0.3) is 5.76 Å². The first kappa shape index (κ1) is 23.3. The Bertz CT molecular complexity index is 1170. The second-order valence-electron chi connectivity index (χ2n) is 8.51. The van der Waals surface area contributed by atoms with E-state index in [0.717, 1.165) is 11.1 Å². The summed E-state index contributed by atoms with van der Waals surface area (Å²) in [4.78, 5) is 29.5.